The Balaban J connectivity index is 0.00000220. The van der Waals surface area contributed by atoms with E-state index < -0.39 is 0 Å². The van der Waals surface area contributed by atoms with Gasteiger partial charge in [0, 0.05) is 13.1 Å². The first-order valence-electron chi connectivity index (χ1n) is 6.50. The minimum absolute atomic E-state index is 0. The summed E-state index contributed by atoms with van der Waals surface area (Å²) in [4.78, 5) is 17.8. The van der Waals surface area contributed by atoms with Crippen LogP contribution in [0, 0.1) is 0 Å². The minimum Gasteiger partial charge on any atom is -0.465 e. The van der Waals surface area contributed by atoms with Crippen molar-refractivity contribution in [2.24, 2.45) is 10.7 Å². The van der Waals surface area contributed by atoms with Gasteiger partial charge in [-0.05, 0) is 17.7 Å². The first-order valence-corrected chi connectivity index (χ1v) is 6.50. The zero-order valence-electron chi connectivity index (χ0n) is 11.9. The molecule has 0 radical (unpaired) electrons. The van der Waals surface area contributed by atoms with E-state index in [0.29, 0.717) is 31.3 Å². The number of nitrogens with two attached hydrogens (primary N) is 1. The number of carbonyl (C=O) groups is 1. The summed E-state index contributed by atoms with van der Waals surface area (Å²) in [5.41, 5.74) is 7.39. The van der Waals surface area contributed by atoms with Crippen molar-refractivity contribution < 1.29 is 14.3 Å². The van der Waals surface area contributed by atoms with Crippen molar-refractivity contribution in [3.8, 4) is 0 Å². The number of carbonyl (C=O) groups excluding carboxylic acids is 1. The molecule has 7 heteroatoms. The summed E-state index contributed by atoms with van der Waals surface area (Å²) in [6.45, 7) is 3.31. The van der Waals surface area contributed by atoms with Crippen molar-refractivity contribution in [3.05, 3.63) is 35.4 Å². The molecule has 0 atom stereocenters. The SMILES string of the molecule is COC(=O)c1cccc(CN=C(N)N2CCOCC2)c1.I. The van der Waals surface area contributed by atoms with Crippen LogP contribution in [0.15, 0.2) is 29.3 Å². The molecule has 1 fully saturated rings. The van der Waals surface area contributed by atoms with Crippen molar-refractivity contribution in [3.63, 3.8) is 0 Å². The zero-order chi connectivity index (χ0) is 14.4. The molecule has 0 saturated carbocycles. The average Bonchev–Trinajstić information content (AvgIpc) is 2.53. The molecule has 1 aromatic rings. The van der Waals surface area contributed by atoms with Gasteiger partial charge < -0.3 is 20.1 Å². The van der Waals surface area contributed by atoms with Gasteiger partial charge in [-0.1, -0.05) is 12.1 Å². The number of halogens is 1. The van der Waals surface area contributed by atoms with Gasteiger partial charge in [0.2, 0.25) is 0 Å². The summed E-state index contributed by atoms with van der Waals surface area (Å²) in [5, 5.41) is 0. The van der Waals surface area contributed by atoms with Crippen molar-refractivity contribution in [2.45, 2.75) is 6.54 Å². The van der Waals surface area contributed by atoms with E-state index in [9.17, 15) is 4.79 Å². The number of guanidine groups is 1. The third kappa shape index (κ3) is 5.16. The monoisotopic (exact) mass is 405 g/mol. The Morgan fingerprint density at radius 3 is 2.81 bits per heavy atom. The minimum atomic E-state index is -0.350. The molecule has 0 unspecified atom stereocenters. The Kier molecular flexibility index (Phi) is 7.44. The molecule has 0 aromatic heterocycles. The van der Waals surface area contributed by atoms with E-state index in [0.717, 1.165) is 18.7 Å². The first kappa shape index (κ1) is 17.7. The Hall–Kier alpha value is -1.35. The van der Waals surface area contributed by atoms with E-state index in [1.807, 2.05) is 17.0 Å². The third-order valence-corrected chi connectivity index (χ3v) is 3.11. The average molecular weight is 405 g/mol. The molecule has 1 aliphatic rings. The van der Waals surface area contributed by atoms with Gasteiger partial charge in [-0.25, -0.2) is 9.79 Å². The quantitative estimate of drug-likeness (QED) is 0.355. The molecule has 0 spiro atoms. The molecule has 0 aliphatic carbocycles. The number of hydrogen-bond acceptors (Lipinski definition) is 4. The number of ether oxygens (including phenoxy) is 2. The van der Waals surface area contributed by atoms with Crippen molar-refractivity contribution in [1.82, 2.24) is 4.90 Å². The number of hydrogen-bond donors (Lipinski definition) is 1. The number of morpholine rings is 1. The lowest BCUT2D eigenvalue weighted by atomic mass is 10.1. The molecule has 2 N–H and O–H groups in total. The first-order chi connectivity index (χ1) is 9.70. The Morgan fingerprint density at radius 2 is 2.14 bits per heavy atom. The smallest absolute Gasteiger partial charge is 0.337 e. The maximum atomic E-state index is 11.4. The van der Waals surface area contributed by atoms with E-state index >= 15 is 0 Å². The molecule has 116 valence electrons. The normalized spacial score (nSPS) is 15.3. The highest BCUT2D eigenvalue weighted by Crippen LogP contribution is 2.08. The molecule has 1 saturated heterocycles. The van der Waals surface area contributed by atoms with Crippen molar-refractivity contribution in [1.29, 1.82) is 0 Å². The highest BCUT2D eigenvalue weighted by atomic mass is 127. The molecular formula is C14H20IN3O3. The van der Waals surface area contributed by atoms with E-state index in [2.05, 4.69) is 4.99 Å². The standard InChI is InChI=1S/C14H19N3O3.HI/c1-19-13(18)12-4-2-3-11(9-12)10-16-14(15)17-5-7-20-8-6-17;/h2-4,9H,5-8,10H2,1H3,(H2,15,16);1H. The van der Waals surface area contributed by atoms with Gasteiger partial charge in [-0.15, -0.1) is 24.0 Å². The van der Waals surface area contributed by atoms with Crippen LogP contribution in [0.2, 0.25) is 0 Å². The van der Waals surface area contributed by atoms with E-state index in [1.165, 1.54) is 7.11 Å². The van der Waals surface area contributed by atoms with Crippen LogP contribution in [-0.4, -0.2) is 50.2 Å². The molecular weight excluding hydrogens is 385 g/mol. The van der Waals surface area contributed by atoms with E-state index in [-0.39, 0.29) is 29.9 Å². The molecule has 1 aromatic carbocycles. The number of esters is 1. The maximum Gasteiger partial charge on any atom is 0.337 e. The highest BCUT2D eigenvalue weighted by Gasteiger charge is 2.12. The fraction of sp³-hybridized carbons (Fsp3) is 0.429. The van der Waals surface area contributed by atoms with Gasteiger partial charge in [0.05, 0.1) is 32.4 Å². The summed E-state index contributed by atoms with van der Waals surface area (Å²) >= 11 is 0. The molecule has 0 amide bonds. The highest BCUT2D eigenvalue weighted by molar-refractivity contribution is 14.0. The van der Waals surface area contributed by atoms with Crippen LogP contribution in [0.5, 0.6) is 0 Å². The second-order valence-electron chi connectivity index (χ2n) is 4.47. The Morgan fingerprint density at radius 1 is 1.43 bits per heavy atom. The van der Waals surface area contributed by atoms with Crippen molar-refractivity contribution in [2.75, 3.05) is 33.4 Å². The summed E-state index contributed by atoms with van der Waals surface area (Å²) in [6.07, 6.45) is 0. The second-order valence-corrected chi connectivity index (χ2v) is 4.47. The van der Waals surface area contributed by atoms with Gasteiger partial charge in [-0.3, -0.25) is 0 Å². The van der Waals surface area contributed by atoms with Gasteiger partial charge in [0.1, 0.15) is 0 Å². The predicted octanol–water partition coefficient (Wildman–Crippen LogP) is 1.24. The molecule has 1 heterocycles. The fourth-order valence-corrected chi connectivity index (χ4v) is 1.98. The second kappa shape index (κ2) is 8.83. The summed E-state index contributed by atoms with van der Waals surface area (Å²) in [5.74, 6) is 0.161. The van der Waals surface area contributed by atoms with Gasteiger partial charge >= 0.3 is 5.97 Å². The van der Waals surface area contributed by atoms with Gasteiger partial charge in [0.25, 0.3) is 0 Å². The summed E-state index contributed by atoms with van der Waals surface area (Å²) in [7, 11) is 1.36. The zero-order valence-corrected chi connectivity index (χ0v) is 14.3. The largest absolute Gasteiger partial charge is 0.465 e. The van der Waals surface area contributed by atoms with Crippen LogP contribution in [0.25, 0.3) is 0 Å². The maximum absolute atomic E-state index is 11.4. The topological polar surface area (TPSA) is 77.1 Å². The number of benzene rings is 1. The lowest BCUT2D eigenvalue weighted by Crippen LogP contribution is -2.44. The predicted molar refractivity (Wildman–Crippen MR) is 90.9 cm³/mol. The lowest BCUT2D eigenvalue weighted by molar-refractivity contribution is 0.0600. The molecule has 0 bridgehead atoms. The van der Waals surface area contributed by atoms with Gasteiger partial charge in [-0.2, -0.15) is 0 Å². The number of aliphatic imine (C=N–C) groups is 1. The van der Waals surface area contributed by atoms with Crippen LogP contribution in [-0.2, 0) is 16.0 Å². The number of rotatable bonds is 3. The van der Waals surface area contributed by atoms with Crippen LogP contribution in [0.4, 0.5) is 0 Å². The molecule has 21 heavy (non-hydrogen) atoms. The molecule has 6 nitrogen and oxygen atoms in total. The Bertz CT molecular complexity index is 502. The third-order valence-electron chi connectivity index (χ3n) is 3.11. The number of nitrogens with zero attached hydrogens (tertiary/aromatic N) is 2. The van der Waals surface area contributed by atoms with E-state index in [1.54, 1.807) is 12.1 Å². The van der Waals surface area contributed by atoms with Crippen LogP contribution < -0.4 is 5.73 Å². The summed E-state index contributed by atoms with van der Waals surface area (Å²) in [6, 6.07) is 7.19. The summed E-state index contributed by atoms with van der Waals surface area (Å²) < 4.78 is 9.95. The van der Waals surface area contributed by atoms with Gasteiger partial charge in [0.15, 0.2) is 5.96 Å². The Labute approximate surface area is 141 Å². The van der Waals surface area contributed by atoms with E-state index in [4.69, 9.17) is 15.2 Å². The van der Waals surface area contributed by atoms with Crippen molar-refractivity contribution >= 4 is 35.9 Å². The molecule has 2 rings (SSSR count). The fourth-order valence-electron chi connectivity index (χ4n) is 1.98. The lowest BCUT2D eigenvalue weighted by Gasteiger charge is -2.27. The van der Waals surface area contributed by atoms with Crippen LogP contribution in [0.3, 0.4) is 0 Å². The molecule has 1 aliphatic heterocycles. The number of methoxy groups -OCH3 is 1. The van der Waals surface area contributed by atoms with Crippen LogP contribution in [0.1, 0.15) is 15.9 Å². The van der Waals surface area contributed by atoms with Crippen LogP contribution >= 0.6 is 24.0 Å².